The lowest BCUT2D eigenvalue weighted by Crippen LogP contribution is -2.28. The second kappa shape index (κ2) is 6.58. The minimum Gasteiger partial charge on any atom is -0.368 e. The monoisotopic (exact) mass is 327 g/mol. The molecule has 0 aliphatic carbocycles. The van der Waals surface area contributed by atoms with Crippen molar-refractivity contribution >= 4 is 44.9 Å². The average molecular weight is 328 g/mol. The molecule has 0 fully saturated rings. The third kappa shape index (κ3) is 4.36. The van der Waals surface area contributed by atoms with Crippen LogP contribution in [-0.4, -0.2) is 44.1 Å². The van der Waals surface area contributed by atoms with Crippen LogP contribution in [0.3, 0.4) is 0 Å². The average Bonchev–Trinajstić information content (AvgIpc) is 2.31. The maximum absolute atomic E-state index is 11.6. The first-order chi connectivity index (χ1) is 8.77. The summed E-state index contributed by atoms with van der Waals surface area (Å²) in [5.41, 5.74) is 2.32. The fourth-order valence-electron chi connectivity index (χ4n) is 1.17. The van der Waals surface area contributed by atoms with Crippen LogP contribution in [0.2, 0.25) is 10.0 Å². The topological polar surface area (TPSA) is 100 Å². The van der Waals surface area contributed by atoms with Crippen molar-refractivity contribution in [2.45, 2.75) is 0 Å². The molecule has 1 aromatic heterocycles. The summed E-state index contributed by atoms with van der Waals surface area (Å²) in [4.78, 5) is 4.04. The van der Waals surface area contributed by atoms with Gasteiger partial charge in [-0.1, -0.05) is 23.2 Å². The first-order valence-electron chi connectivity index (χ1n) is 5.24. The standard InChI is InChI=1S/C9H15Cl2N5O2S/c1-16(2)19(17,18)4-3-13-8-6(10)5-7(11)9(14-8)15-12/h5H,3-4,12H2,1-2H3,(H2,13,14,15). The Labute approximate surface area is 122 Å². The molecule has 0 aromatic carbocycles. The van der Waals surface area contributed by atoms with Crippen molar-refractivity contribution in [1.29, 1.82) is 0 Å². The highest BCUT2D eigenvalue weighted by atomic mass is 35.5. The zero-order valence-electron chi connectivity index (χ0n) is 10.4. The van der Waals surface area contributed by atoms with Crippen molar-refractivity contribution in [3.8, 4) is 0 Å². The van der Waals surface area contributed by atoms with Gasteiger partial charge in [-0.2, -0.15) is 0 Å². The van der Waals surface area contributed by atoms with Gasteiger partial charge in [0.2, 0.25) is 10.0 Å². The van der Waals surface area contributed by atoms with Gasteiger partial charge in [-0.15, -0.1) is 0 Å². The fourth-order valence-corrected chi connectivity index (χ4v) is 2.38. The van der Waals surface area contributed by atoms with Crippen LogP contribution >= 0.6 is 23.2 Å². The van der Waals surface area contributed by atoms with E-state index < -0.39 is 10.0 Å². The highest BCUT2D eigenvalue weighted by Crippen LogP contribution is 2.28. The third-order valence-corrected chi connectivity index (χ3v) is 4.68. The summed E-state index contributed by atoms with van der Waals surface area (Å²) < 4.78 is 24.3. The Morgan fingerprint density at radius 2 is 1.89 bits per heavy atom. The molecule has 0 saturated heterocycles. The number of nitrogens with one attached hydrogen (secondary N) is 2. The molecule has 10 heteroatoms. The summed E-state index contributed by atoms with van der Waals surface area (Å²) in [7, 11) is -0.328. The number of hydrogen-bond acceptors (Lipinski definition) is 6. The number of nitrogens with two attached hydrogens (primary N) is 1. The van der Waals surface area contributed by atoms with Crippen molar-refractivity contribution in [2.75, 3.05) is 37.1 Å². The van der Waals surface area contributed by atoms with Crippen LogP contribution in [-0.2, 0) is 10.0 Å². The van der Waals surface area contributed by atoms with E-state index in [1.54, 1.807) is 0 Å². The molecule has 7 nitrogen and oxygen atoms in total. The molecule has 0 spiro atoms. The van der Waals surface area contributed by atoms with Crippen LogP contribution in [0, 0.1) is 0 Å². The lowest BCUT2D eigenvalue weighted by molar-refractivity contribution is 0.521. The normalized spacial score (nSPS) is 11.7. The molecule has 0 unspecified atom stereocenters. The van der Waals surface area contributed by atoms with Gasteiger partial charge in [0.25, 0.3) is 0 Å². The molecule has 19 heavy (non-hydrogen) atoms. The number of sulfonamides is 1. The SMILES string of the molecule is CN(C)S(=O)(=O)CCNc1nc(NN)c(Cl)cc1Cl. The molecule has 0 bridgehead atoms. The Morgan fingerprint density at radius 1 is 1.32 bits per heavy atom. The van der Waals surface area contributed by atoms with Crippen molar-refractivity contribution in [1.82, 2.24) is 9.29 Å². The molecular weight excluding hydrogens is 313 g/mol. The van der Waals surface area contributed by atoms with Crippen molar-refractivity contribution in [2.24, 2.45) is 5.84 Å². The Bertz CT molecular complexity index is 550. The number of hydrazine groups is 1. The van der Waals surface area contributed by atoms with E-state index in [-0.39, 0.29) is 28.2 Å². The van der Waals surface area contributed by atoms with E-state index >= 15 is 0 Å². The number of anilines is 2. The van der Waals surface area contributed by atoms with Gasteiger partial charge in [0, 0.05) is 20.6 Å². The van der Waals surface area contributed by atoms with Crippen molar-refractivity contribution < 1.29 is 8.42 Å². The molecule has 0 atom stereocenters. The Balaban J connectivity index is 2.74. The highest BCUT2D eigenvalue weighted by Gasteiger charge is 2.14. The van der Waals surface area contributed by atoms with Gasteiger partial charge >= 0.3 is 0 Å². The number of pyridine rings is 1. The van der Waals surface area contributed by atoms with E-state index in [4.69, 9.17) is 29.0 Å². The molecule has 0 radical (unpaired) electrons. The third-order valence-electron chi connectivity index (χ3n) is 2.28. The summed E-state index contributed by atoms with van der Waals surface area (Å²) in [6.07, 6.45) is 0. The second-order valence-electron chi connectivity index (χ2n) is 3.82. The first kappa shape index (κ1) is 16.3. The van der Waals surface area contributed by atoms with E-state index in [1.165, 1.54) is 20.2 Å². The molecule has 4 N–H and O–H groups in total. The Hall–Kier alpha value is -0.800. The van der Waals surface area contributed by atoms with E-state index in [0.29, 0.717) is 5.82 Å². The second-order valence-corrected chi connectivity index (χ2v) is 6.94. The largest absolute Gasteiger partial charge is 0.368 e. The minimum absolute atomic E-state index is 0.0774. The van der Waals surface area contributed by atoms with Crippen LogP contribution in [0.5, 0.6) is 0 Å². The van der Waals surface area contributed by atoms with Crippen molar-refractivity contribution in [3.05, 3.63) is 16.1 Å². The maximum Gasteiger partial charge on any atom is 0.215 e. The van der Waals surface area contributed by atoms with Gasteiger partial charge in [0.15, 0.2) is 5.82 Å². The van der Waals surface area contributed by atoms with Crippen LogP contribution in [0.15, 0.2) is 6.07 Å². The quantitative estimate of drug-likeness (QED) is 0.532. The van der Waals surface area contributed by atoms with Crippen LogP contribution in [0.1, 0.15) is 0 Å². The Kier molecular flexibility index (Phi) is 5.63. The van der Waals surface area contributed by atoms with Gasteiger partial charge in [-0.05, 0) is 6.07 Å². The first-order valence-corrected chi connectivity index (χ1v) is 7.61. The molecule has 1 rings (SSSR count). The summed E-state index contributed by atoms with van der Waals surface area (Å²) in [6, 6.07) is 1.47. The van der Waals surface area contributed by atoms with Gasteiger partial charge in [0.1, 0.15) is 5.82 Å². The van der Waals surface area contributed by atoms with Gasteiger partial charge in [-0.25, -0.2) is 23.5 Å². The van der Waals surface area contributed by atoms with E-state index in [1.807, 2.05) is 0 Å². The van der Waals surface area contributed by atoms with Crippen LogP contribution in [0.25, 0.3) is 0 Å². The van der Waals surface area contributed by atoms with Gasteiger partial charge in [0.05, 0.1) is 15.8 Å². The summed E-state index contributed by atoms with van der Waals surface area (Å²) in [6.45, 7) is 0.166. The van der Waals surface area contributed by atoms with Gasteiger partial charge < -0.3 is 10.7 Å². The molecule has 0 amide bonds. The lowest BCUT2D eigenvalue weighted by atomic mass is 10.4. The zero-order valence-corrected chi connectivity index (χ0v) is 12.8. The smallest absolute Gasteiger partial charge is 0.215 e. The number of halogens is 2. The number of aromatic nitrogens is 1. The molecule has 1 heterocycles. The van der Waals surface area contributed by atoms with Gasteiger partial charge in [-0.3, -0.25) is 0 Å². The van der Waals surface area contributed by atoms with Crippen molar-refractivity contribution in [3.63, 3.8) is 0 Å². The summed E-state index contributed by atoms with van der Waals surface area (Å²) in [5.74, 6) is 5.73. The Morgan fingerprint density at radius 3 is 2.42 bits per heavy atom. The predicted octanol–water partition coefficient (Wildman–Crippen LogP) is 0.977. The molecule has 0 aliphatic heterocycles. The number of hydrogen-bond donors (Lipinski definition) is 3. The van der Waals surface area contributed by atoms with E-state index in [0.717, 1.165) is 4.31 Å². The fraction of sp³-hybridized carbons (Fsp3) is 0.444. The lowest BCUT2D eigenvalue weighted by Gasteiger charge is -2.13. The highest BCUT2D eigenvalue weighted by molar-refractivity contribution is 7.89. The summed E-state index contributed by atoms with van der Waals surface area (Å²) in [5, 5.41) is 3.38. The predicted molar refractivity (Wildman–Crippen MR) is 78.0 cm³/mol. The molecule has 0 aliphatic rings. The number of rotatable bonds is 6. The molecular formula is C9H15Cl2N5O2S. The van der Waals surface area contributed by atoms with E-state index in [2.05, 4.69) is 15.7 Å². The summed E-state index contributed by atoms with van der Waals surface area (Å²) >= 11 is 11.8. The molecule has 1 aromatic rings. The van der Waals surface area contributed by atoms with Crippen LogP contribution < -0.4 is 16.6 Å². The maximum atomic E-state index is 11.6. The number of nitrogen functional groups attached to an aromatic ring is 1. The van der Waals surface area contributed by atoms with E-state index in [9.17, 15) is 8.42 Å². The van der Waals surface area contributed by atoms with Crippen LogP contribution in [0.4, 0.5) is 11.6 Å². The zero-order chi connectivity index (χ0) is 14.6. The molecule has 0 saturated carbocycles. The molecule has 108 valence electrons. The number of nitrogens with zero attached hydrogens (tertiary/aromatic N) is 2. The minimum atomic E-state index is -3.27.